The van der Waals surface area contributed by atoms with Gasteiger partial charge in [-0.05, 0) is 49.1 Å². The summed E-state index contributed by atoms with van der Waals surface area (Å²) in [6.45, 7) is 6.71. The molecule has 2 aliphatic heterocycles. The molecular weight excluding hydrogens is 310 g/mol. The zero-order chi connectivity index (χ0) is 16.2. The molecule has 128 valence electrons. The number of fused-ring (bicyclic) bond motifs is 1. The van der Waals surface area contributed by atoms with Gasteiger partial charge in [-0.1, -0.05) is 0 Å². The molecule has 2 N–H and O–H groups in total. The average molecular weight is 337 g/mol. The molecule has 1 saturated heterocycles. The van der Waals surface area contributed by atoms with E-state index in [0.717, 1.165) is 45.4 Å². The Morgan fingerprint density at radius 1 is 1.43 bits per heavy atom. The van der Waals surface area contributed by atoms with E-state index in [1.807, 2.05) is 16.2 Å². The maximum atomic E-state index is 12.3. The molecule has 0 spiro atoms. The molecular formula is C17H27N3O2S. The highest BCUT2D eigenvalue weighted by Gasteiger charge is 2.24. The minimum absolute atomic E-state index is 0.0430. The first-order valence-corrected chi connectivity index (χ1v) is 9.48. The van der Waals surface area contributed by atoms with Crippen molar-refractivity contribution in [1.29, 1.82) is 0 Å². The van der Waals surface area contributed by atoms with Crippen molar-refractivity contribution in [2.75, 3.05) is 32.8 Å². The van der Waals surface area contributed by atoms with Gasteiger partial charge in [0, 0.05) is 50.2 Å². The van der Waals surface area contributed by atoms with Crippen LogP contribution in [0.15, 0.2) is 11.4 Å². The van der Waals surface area contributed by atoms with Crippen molar-refractivity contribution in [3.8, 4) is 0 Å². The number of urea groups is 1. The van der Waals surface area contributed by atoms with E-state index in [0.29, 0.717) is 18.5 Å². The van der Waals surface area contributed by atoms with E-state index >= 15 is 0 Å². The van der Waals surface area contributed by atoms with Crippen LogP contribution in [0, 0.1) is 5.92 Å². The zero-order valence-corrected chi connectivity index (χ0v) is 14.6. The van der Waals surface area contributed by atoms with Crippen molar-refractivity contribution in [2.45, 2.75) is 38.8 Å². The summed E-state index contributed by atoms with van der Waals surface area (Å²) in [6, 6.07) is 2.62. The molecule has 0 aromatic carbocycles. The number of amides is 2. The van der Waals surface area contributed by atoms with E-state index in [9.17, 15) is 4.79 Å². The predicted molar refractivity (Wildman–Crippen MR) is 92.7 cm³/mol. The van der Waals surface area contributed by atoms with Crippen LogP contribution in [-0.2, 0) is 13.0 Å². The number of hydrogen-bond donors (Lipinski definition) is 2. The van der Waals surface area contributed by atoms with Crippen molar-refractivity contribution in [3.63, 3.8) is 0 Å². The molecule has 0 saturated carbocycles. The van der Waals surface area contributed by atoms with Crippen LogP contribution in [0.2, 0.25) is 0 Å². The normalized spacial score (nSPS) is 21.0. The fourth-order valence-corrected chi connectivity index (χ4v) is 4.33. The monoisotopic (exact) mass is 337 g/mol. The molecule has 1 aromatic rings. The molecule has 1 fully saturated rings. The van der Waals surface area contributed by atoms with Crippen molar-refractivity contribution < 1.29 is 9.90 Å². The maximum absolute atomic E-state index is 12.3. The Balaban J connectivity index is 1.42. The summed E-state index contributed by atoms with van der Waals surface area (Å²) in [5, 5.41) is 14.4. The number of aliphatic hydroxyl groups is 1. The molecule has 1 atom stereocenters. The molecule has 0 bridgehead atoms. The summed E-state index contributed by atoms with van der Waals surface area (Å²) >= 11 is 1.86. The van der Waals surface area contributed by atoms with Crippen LogP contribution < -0.4 is 5.32 Å². The highest BCUT2D eigenvalue weighted by Crippen LogP contribution is 2.25. The van der Waals surface area contributed by atoms with Crippen molar-refractivity contribution in [2.24, 2.45) is 5.92 Å². The molecule has 0 radical (unpaired) electrons. The van der Waals surface area contributed by atoms with E-state index in [1.165, 1.54) is 10.4 Å². The Labute approximate surface area is 142 Å². The van der Waals surface area contributed by atoms with Crippen molar-refractivity contribution in [3.05, 3.63) is 21.9 Å². The summed E-state index contributed by atoms with van der Waals surface area (Å²) in [5.41, 5.74) is 1.45. The molecule has 6 heteroatoms. The fraction of sp³-hybridized carbons (Fsp3) is 0.706. The number of aliphatic hydroxyl groups excluding tert-OH is 1. The Morgan fingerprint density at radius 3 is 2.96 bits per heavy atom. The predicted octanol–water partition coefficient (Wildman–Crippen LogP) is 1.91. The van der Waals surface area contributed by atoms with Crippen LogP contribution in [0.5, 0.6) is 0 Å². The van der Waals surface area contributed by atoms with Crippen LogP contribution in [0.1, 0.15) is 30.2 Å². The smallest absolute Gasteiger partial charge is 0.317 e. The number of rotatable bonds is 4. The molecule has 5 nitrogen and oxygen atoms in total. The summed E-state index contributed by atoms with van der Waals surface area (Å²) in [6.07, 6.45) is 2.94. The number of carbonyl (C=O) groups is 1. The van der Waals surface area contributed by atoms with Gasteiger partial charge in [0.15, 0.2) is 0 Å². The largest absolute Gasteiger partial charge is 0.396 e. The summed E-state index contributed by atoms with van der Waals surface area (Å²) in [4.78, 5) is 18.1. The van der Waals surface area contributed by atoms with Gasteiger partial charge in [0.2, 0.25) is 0 Å². The van der Waals surface area contributed by atoms with E-state index < -0.39 is 0 Å². The number of nitrogens with zero attached hydrogens (tertiary/aromatic N) is 2. The Bertz CT molecular complexity index is 526. The van der Waals surface area contributed by atoms with Gasteiger partial charge in [0.1, 0.15) is 0 Å². The lowest BCUT2D eigenvalue weighted by molar-refractivity contribution is 0.133. The lowest BCUT2D eigenvalue weighted by Gasteiger charge is -2.34. The minimum Gasteiger partial charge on any atom is -0.396 e. The quantitative estimate of drug-likeness (QED) is 0.882. The minimum atomic E-state index is 0.0430. The summed E-state index contributed by atoms with van der Waals surface area (Å²) in [5.74, 6) is 0.367. The SMILES string of the molecule is C[C@H](CNC(=O)N1CCC(CO)CC1)N1CCc2sccc2C1. The summed E-state index contributed by atoms with van der Waals surface area (Å²) in [7, 11) is 0. The van der Waals surface area contributed by atoms with Crippen LogP contribution in [-0.4, -0.2) is 59.8 Å². The zero-order valence-electron chi connectivity index (χ0n) is 13.8. The van der Waals surface area contributed by atoms with Gasteiger partial charge in [-0.25, -0.2) is 4.79 Å². The van der Waals surface area contributed by atoms with E-state index in [1.54, 1.807) is 0 Å². The van der Waals surface area contributed by atoms with Crippen molar-refractivity contribution >= 4 is 17.4 Å². The topological polar surface area (TPSA) is 55.8 Å². The average Bonchev–Trinajstić information content (AvgIpc) is 3.07. The first-order chi connectivity index (χ1) is 11.2. The molecule has 0 unspecified atom stereocenters. The Morgan fingerprint density at radius 2 is 2.22 bits per heavy atom. The lowest BCUT2D eigenvalue weighted by atomic mass is 9.98. The van der Waals surface area contributed by atoms with Gasteiger partial charge in [-0.15, -0.1) is 11.3 Å². The second-order valence-corrected chi connectivity index (χ2v) is 7.74. The number of hydrogen-bond acceptors (Lipinski definition) is 4. The Kier molecular flexibility index (Phi) is 5.56. The number of nitrogens with one attached hydrogen (secondary N) is 1. The van der Waals surface area contributed by atoms with E-state index in [2.05, 4.69) is 28.6 Å². The third-order valence-corrected chi connectivity index (χ3v) is 6.19. The van der Waals surface area contributed by atoms with Gasteiger partial charge in [-0.2, -0.15) is 0 Å². The van der Waals surface area contributed by atoms with Crippen molar-refractivity contribution in [1.82, 2.24) is 15.1 Å². The number of carbonyl (C=O) groups excluding carboxylic acids is 1. The summed E-state index contributed by atoms with van der Waals surface area (Å²) < 4.78 is 0. The van der Waals surface area contributed by atoms with Gasteiger partial charge in [0.25, 0.3) is 0 Å². The van der Waals surface area contributed by atoms with Gasteiger partial charge in [-0.3, -0.25) is 4.90 Å². The molecule has 3 heterocycles. The van der Waals surface area contributed by atoms with Gasteiger partial charge < -0.3 is 15.3 Å². The molecule has 23 heavy (non-hydrogen) atoms. The lowest BCUT2D eigenvalue weighted by Crippen LogP contribution is -2.49. The number of likely N-dealkylation sites (tertiary alicyclic amines) is 1. The standard InChI is InChI=1S/C17H27N3O2S/c1-13(20-8-4-16-15(11-20)5-9-23-16)10-18-17(22)19-6-2-14(12-21)3-7-19/h5,9,13-14,21H,2-4,6-8,10-12H2,1H3,(H,18,22)/t13-/m1/s1. The third kappa shape index (κ3) is 4.05. The van der Waals surface area contributed by atoms with E-state index in [4.69, 9.17) is 5.11 Å². The molecule has 3 rings (SSSR count). The Hall–Kier alpha value is -1.11. The van der Waals surface area contributed by atoms with Crippen LogP contribution in [0.3, 0.4) is 0 Å². The third-order valence-electron chi connectivity index (χ3n) is 5.17. The highest BCUT2D eigenvalue weighted by molar-refractivity contribution is 7.10. The maximum Gasteiger partial charge on any atom is 0.317 e. The second kappa shape index (κ2) is 7.64. The number of piperidine rings is 1. The van der Waals surface area contributed by atoms with Crippen LogP contribution in [0.25, 0.3) is 0 Å². The van der Waals surface area contributed by atoms with Crippen LogP contribution in [0.4, 0.5) is 4.79 Å². The number of thiophene rings is 1. The highest BCUT2D eigenvalue weighted by atomic mass is 32.1. The van der Waals surface area contributed by atoms with Crippen LogP contribution >= 0.6 is 11.3 Å². The first kappa shape index (κ1) is 16.7. The van der Waals surface area contributed by atoms with Gasteiger partial charge in [0.05, 0.1) is 0 Å². The molecule has 2 amide bonds. The van der Waals surface area contributed by atoms with E-state index in [-0.39, 0.29) is 12.6 Å². The fourth-order valence-electron chi connectivity index (χ4n) is 3.44. The van der Waals surface area contributed by atoms with Gasteiger partial charge >= 0.3 is 6.03 Å². The molecule has 0 aliphatic carbocycles. The molecule has 2 aliphatic rings. The second-order valence-electron chi connectivity index (χ2n) is 6.74. The molecule has 1 aromatic heterocycles. The first-order valence-electron chi connectivity index (χ1n) is 8.60.